The third-order valence-electron chi connectivity index (χ3n) is 2.20. The lowest BCUT2D eigenvalue weighted by atomic mass is 10.1. The lowest BCUT2D eigenvalue weighted by Crippen LogP contribution is -2.11. The van der Waals surface area contributed by atoms with Gasteiger partial charge in [-0.2, -0.15) is 0 Å². The predicted octanol–water partition coefficient (Wildman–Crippen LogP) is 3.46. The summed E-state index contributed by atoms with van der Waals surface area (Å²) in [5.74, 6) is -1.27. The van der Waals surface area contributed by atoms with Crippen molar-refractivity contribution in [3.8, 4) is 0 Å². The zero-order valence-electron chi connectivity index (χ0n) is 9.01. The zero-order valence-corrected chi connectivity index (χ0v) is 11.4. The molecule has 0 aliphatic carbocycles. The number of carboxylic acids is 1. The van der Waals surface area contributed by atoms with Crippen LogP contribution < -0.4 is 5.32 Å². The maximum absolute atomic E-state index is 11.8. The molecule has 0 fully saturated rings. The van der Waals surface area contributed by atoms with Crippen molar-refractivity contribution in [2.75, 3.05) is 5.32 Å². The molecule has 0 atom stereocenters. The Labute approximate surface area is 115 Å². The Bertz CT molecular complexity index is 592. The lowest BCUT2D eigenvalue weighted by molar-refractivity contribution is 0.0696. The standard InChI is InChI=1S/C12H8BrNO3S/c13-9-5-10(18-6-9)14-11(15)7-1-3-8(4-2-7)12(16)17/h1-6H,(H,14,15)(H,16,17). The number of hydrogen-bond acceptors (Lipinski definition) is 3. The molecule has 1 amide bonds. The first-order chi connectivity index (χ1) is 8.56. The van der Waals surface area contributed by atoms with E-state index in [1.165, 1.54) is 35.6 Å². The molecule has 1 aromatic carbocycles. The van der Waals surface area contributed by atoms with Gasteiger partial charge in [0.2, 0.25) is 0 Å². The minimum absolute atomic E-state index is 0.158. The SMILES string of the molecule is O=C(O)c1ccc(C(=O)Nc2cc(Br)cs2)cc1. The number of nitrogens with one attached hydrogen (secondary N) is 1. The minimum atomic E-state index is -1.01. The summed E-state index contributed by atoms with van der Waals surface area (Å²) in [6.07, 6.45) is 0. The summed E-state index contributed by atoms with van der Waals surface area (Å²) in [4.78, 5) is 22.5. The third kappa shape index (κ3) is 2.96. The van der Waals surface area contributed by atoms with E-state index in [9.17, 15) is 9.59 Å². The van der Waals surface area contributed by atoms with Gasteiger partial charge >= 0.3 is 5.97 Å². The van der Waals surface area contributed by atoms with Crippen LogP contribution in [-0.4, -0.2) is 17.0 Å². The molecular weight excluding hydrogens is 318 g/mol. The molecular formula is C12H8BrNO3S. The van der Waals surface area contributed by atoms with Crippen molar-refractivity contribution in [3.63, 3.8) is 0 Å². The molecule has 18 heavy (non-hydrogen) atoms. The van der Waals surface area contributed by atoms with Crippen LogP contribution in [0.4, 0.5) is 5.00 Å². The third-order valence-corrected chi connectivity index (χ3v) is 3.80. The molecule has 1 heterocycles. The molecule has 0 bridgehead atoms. The van der Waals surface area contributed by atoms with Crippen molar-refractivity contribution < 1.29 is 14.7 Å². The second-order valence-corrected chi connectivity index (χ2v) is 5.29. The van der Waals surface area contributed by atoms with E-state index in [1.807, 2.05) is 5.38 Å². The van der Waals surface area contributed by atoms with Gasteiger partial charge in [0.25, 0.3) is 5.91 Å². The number of hydrogen-bond donors (Lipinski definition) is 2. The molecule has 92 valence electrons. The normalized spacial score (nSPS) is 10.1. The van der Waals surface area contributed by atoms with E-state index >= 15 is 0 Å². The maximum atomic E-state index is 11.8. The van der Waals surface area contributed by atoms with E-state index < -0.39 is 5.97 Å². The molecule has 2 aromatic rings. The van der Waals surface area contributed by atoms with Crippen molar-refractivity contribution in [1.82, 2.24) is 0 Å². The summed E-state index contributed by atoms with van der Waals surface area (Å²) in [7, 11) is 0. The van der Waals surface area contributed by atoms with E-state index in [0.717, 1.165) is 9.47 Å². The molecule has 0 radical (unpaired) electrons. The van der Waals surface area contributed by atoms with Crippen LogP contribution in [0, 0.1) is 0 Å². The predicted molar refractivity (Wildman–Crippen MR) is 73.4 cm³/mol. The van der Waals surface area contributed by atoms with Crippen molar-refractivity contribution in [2.24, 2.45) is 0 Å². The van der Waals surface area contributed by atoms with Gasteiger partial charge in [-0.05, 0) is 46.3 Å². The Morgan fingerprint density at radius 1 is 1.17 bits per heavy atom. The fourth-order valence-electron chi connectivity index (χ4n) is 1.33. The average Bonchev–Trinajstić information content (AvgIpc) is 2.75. The number of carboxylic acid groups (broad SMARTS) is 1. The van der Waals surface area contributed by atoms with Gasteiger partial charge in [0.05, 0.1) is 10.6 Å². The molecule has 0 saturated carbocycles. The average molecular weight is 326 g/mol. The minimum Gasteiger partial charge on any atom is -0.478 e. The molecule has 2 N–H and O–H groups in total. The summed E-state index contributed by atoms with van der Waals surface area (Å²) in [6, 6.07) is 7.58. The van der Waals surface area contributed by atoms with Crippen molar-refractivity contribution >= 4 is 44.1 Å². The number of aromatic carboxylic acids is 1. The number of carbonyl (C=O) groups excluding carboxylic acids is 1. The van der Waals surface area contributed by atoms with E-state index in [4.69, 9.17) is 5.11 Å². The highest BCUT2D eigenvalue weighted by Gasteiger charge is 2.09. The largest absolute Gasteiger partial charge is 0.478 e. The number of amides is 1. The van der Waals surface area contributed by atoms with E-state index in [1.54, 1.807) is 6.07 Å². The van der Waals surface area contributed by atoms with Crippen molar-refractivity contribution in [3.05, 3.63) is 51.3 Å². The van der Waals surface area contributed by atoms with Crippen LogP contribution in [0.25, 0.3) is 0 Å². The van der Waals surface area contributed by atoms with Gasteiger partial charge in [0.1, 0.15) is 0 Å². The molecule has 4 nitrogen and oxygen atoms in total. The Balaban J connectivity index is 2.11. The van der Waals surface area contributed by atoms with Crippen LogP contribution in [0.15, 0.2) is 40.2 Å². The fraction of sp³-hybridized carbons (Fsp3) is 0. The van der Waals surface area contributed by atoms with Crippen LogP contribution in [0.3, 0.4) is 0 Å². The Kier molecular flexibility index (Phi) is 3.78. The first-order valence-electron chi connectivity index (χ1n) is 4.95. The first-order valence-corrected chi connectivity index (χ1v) is 6.62. The summed E-state index contributed by atoms with van der Waals surface area (Å²) in [6.45, 7) is 0. The Morgan fingerprint density at radius 2 is 1.78 bits per heavy atom. The number of carbonyl (C=O) groups is 2. The van der Waals surface area contributed by atoms with Gasteiger partial charge in [0.15, 0.2) is 0 Å². The second kappa shape index (κ2) is 5.32. The summed E-state index contributed by atoms with van der Waals surface area (Å²) >= 11 is 4.71. The van der Waals surface area contributed by atoms with E-state index in [2.05, 4.69) is 21.2 Å². The van der Waals surface area contributed by atoms with Gasteiger partial charge in [-0.3, -0.25) is 4.79 Å². The molecule has 1 aromatic heterocycles. The second-order valence-electron chi connectivity index (χ2n) is 3.47. The quantitative estimate of drug-likeness (QED) is 0.908. The van der Waals surface area contributed by atoms with Crippen LogP contribution >= 0.6 is 27.3 Å². The van der Waals surface area contributed by atoms with Gasteiger partial charge in [-0.1, -0.05) is 0 Å². The zero-order chi connectivity index (χ0) is 13.1. The topological polar surface area (TPSA) is 66.4 Å². The van der Waals surface area contributed by atoms with Crippen LogP contribution in [0.2, 0.25) is 0 Å². The molecule has 0 aliphatic heterocycles. The number of halogens is 1. The number of thiophene rings is 1. The Morgan fingerprint density at radius 3 is 2.28 bits per heavy atom. The van der Waals surface area contributed by atoms with Gasteiger partial charge in [-0.25, -0.2) is 4.79 Å². The van der Waals surface area contributed by atoms with Crippen LogP contribution in [0.1, 0.15) is 20.7 Å². The van der Waals surface area contributed by atoms with Crippen molar-refractivity contribution in [1.29, 1.82) is 0 Å². The summed E-state index contributed by atoms with van der Waals surface area (Å²) < 4.78 is 0.907. The molecule has 0 aliphatic rings. The first kappa shape index (κ1) is 12.8. The highest BCUT2D eigenvalue weighted by Crippen LogP contribution is 2.24. The monoisotopic (exact) mass is 325 g/mol. The smallest absolute Gasteiger partial charge is 0.335 e. The number of rotatable bonds is 3. The molecule has 0 spiro atoms. The number of benzene rings is 1. The molecule has 2 rings (SSSR count). The lowest BCUT2D eigenvalue weighted by Gasteiger charge is -2.02. The van der Waals surface area contributed by atoms with E-state index in [0.29, 0.717) is 5.56 Å². The molecule has 6 heteroatoms. The fourth-order valence-corrected chi connectivity index (χ4v) is 2.64. The summed E-state index contributed by atoms with van der Waals surface area (Å²) in [5, 5.41) is 14.1. The van der Waals surface area contributed by atoms with Crippen LogP contribution in [-0.2, 0) is 0 Å². The van der Waals surface area contributed by atoms with Gasteiger partial charge in [-0.15, -0.1) is 11.3 Å². The summed E-state index contributed by atoms with van der Waals surface area (Å²) in [5.41, 5.74) is 0.579. The molecule has 0 unspecified atom stereocenters. The Hall–Kier alpha value is -1.66. The van der Waals surface area contributed by atoms with E-state index in [-0.39, 0.29) is 11.5 Å². The van der Waals surface area contributed by atoms with Crippen LogP contribution in [0.5, 0.6) is 0 Å². The van der Waals surface area contributed by atoms with Crippen molar-refractivity contribution in [2.45, 2.75) is 0 Å². The maximum Gasteiger partial charge on any atom is 0.335 e. The number of anilines is 1. The molecule has 0 saturated heterocycles. The van der Waals surface area contributed by atoms with Gasteiger partial charge < -0.3 is 10.4 Å². The highest BCUT2D eigenvalue weighted by atomic mass is 79.9. The highest BCUT2D eigenvalue weighted by molar-refractivity contribution is 9.10. The van der Waals surface area contributed by atoms with Gasteiger partial charge in [0, 0.05) is 15.4 Å².